The summed E-state index contributed by atoms with van der Waals surface area (Å²) in [7, 11) is 0. The van der Waals surface area contributed by atoms with Crippen LogP contribution in [0.15, 0.2) is 0 Å². The summed E-state index contributed by atoms with van der Waals surface area (Å²) in [6.45, 7) is 6.74. The fourth-order valence-corrected chi connectivity index (χ4v) is 2.97. The number of carbonyl (C=O) groups is 1. The number of likely N-dealkylation sites (tertiary alicyclic amines) is 1. The Balaban J connectivity index is 1.86. The Kier molecular flexibility index (Phi) is 4.28. The van der Waals surface area contributed by atoms with Crippen molar-refractivity contribution in [1.29, 1.82) is 0 Å². The summed E-state index contributed by atoms with van der Waals surface area (Å²) in [5.74, 6) is 0.164. The highest BCUT2D eigenvalue weighted by Gasteiger charge is 2.38. The molecule has 1 unspecified atom stereocenters. The van der Waals surface area contributed by atoms with Gasteiger partial charge < -0.3 is 11.1 Å². The Labute approximate surface area is 110 Å². The molecule has 1 atom stereocenters. The molecule has 104 valence electrons. The van der Waals surface area contributed by atoms with Crippen molar-refractivity contribution in [2.75, 3.05) is 19.6 Å². The van der Waals surface area contributed by atoms with E-state index in [2.05, 4.69) is 24.1 Å². The molecule has 0 spiro atoms. The quantitative estimate of drug-likeness (QED) is 0.745. The van der Waals surface area contributed by atoms with Crippen LogP contribution in [0.1, 0.15) is 46.0 Å². The highest BCUT2D eigenvalue weighted by Crippen LogP contribution is 2.30. The number of rotatable bonds is 6. The van der Waals surface area contributed by atoms with E-state index in [1.165, 1.54) is 12.8 Å². The first-order valence-corrected chi connectivity index (χ1v) is 7.40. The Morgan fingerprint density at radius 3 is 2.50 bits per heavy atom. The molecular formula is C14H27N3O. The van der Waals surface area contributed by atoms with E-state index in [-0.39, 0.29) is 11.3 Å². The zero-order valence-corrected chi connectivity index (χ0v) is 11.7. The van der Waals surface area contributed by atoms with Gasteiger partial charge >= 0.3 is 0 Å². The van der Waals surface area contributed by atoms with E-state index in [1.54, 1.807) is 0 Å². The van der Waals surface area contributed by atoms with Crippen LogP contribution in [0, 0.1) is 5.41 Å². The Morgan fingerprint density at radius 1 is 1.33 bits per heavy atom. The molecule has 18 heavy (non-hydrogen) atoms. The van der Waals surface area contributed by atoms with Gasteiger partial charge in [-0.15, -0.1) is 0 Å². The summed E-state index contributed by atoms with van der Waals surface area (Å²) >= 11 is 0. The number of nitrogens with two attached hydrogens (primary N) is 1. The second-order valence-corrected chi connectivity index (χ2v) is 5.88. The van der Waals surface area contributed by atoms with E-state index in [0.717, 1.165) is 38.4 Å². The van der Waals surface area contributed by atoms with Gasteiger partial charge in [0.05, 0.1) is 5.41 Å². The molecule has 2 rings (SSSR count). The molecule has 0 radical (unpaired) electrons. The molecular weight excluding hydrogens is 226 g/mol. The van der Waals surface area contributed by atoms with Gasteiger partial charge in [0.2, 0.25) is 5.91 Å². The summed E-state index contributed by atoms with van der Waals surface area (Å²) < 4.78 is 0. The van der Waals surface area contributed by atoms with Crippen LogP contribution in [0.2, 0.25) is 0 Å². The first-order chi connectivity index (χ1) is 8.65. The molecule has 4 nitrogen and oxygen atoms in total. The van der Waals surface area contributed by atoms with Gasteiger partial charge in [0.25, 0.3) is 0 Å². The van der Waals surface area contributed by atoms with Gasteiger partial charge in [0.1, 0.15) is 0 Å². The van der Waals surface area contributed by atoms with Crippen molar-refractivity contribution in [3.05, 3.63) is 0 Å². The molecule has 2 aliphatic rings. The van der Waals surface area contributed by atoms with Gasteiger partial charge in [0.15, 0.2) is 0 Å². The Bertz CT molecular complexity index is 289. The maximum atomic E-state index is 12.4. The van der Waals surface area contributed by atoms with Crippen LogP contribution in [0.3, 0.4) is 0 Å². The highest BCUT2D eigenvalue weighted by molar-refractivity contribution is 5.83. The molecule has 0 aromatic carbocycles. The number of hydrogen-bond acceptors (Lipinski definition) is 3. The zero-order valence-electron chi connectivity index (χ0n) is 11.7. The average molecular weight is 253 g/mol. The molecule has 1 aliphatic heterocycles. The largest absolute Gasteiger partial charge is 0.352 e. The van der Waals surface area contributed by atoms with E-state index >= 15 is 0 Å². The fraction of sp³-hybridized carbons (Fsp3) is 0.929. The molecule has 4 heteroatoms. The van der Waals surface area contributed by atoms with Gasteiger partial charge in [-0.05, 0) is 32.1 Å². The molecule has 1 saturated heterocycles. The summed E-state index contributed by atoms with van der Waals surface area (Å²) in [5.41, 5.74) is 5.46. The molecule has 1 saturated carbocycles. The Morgan fingerprint density at radius 2 is 2.00 bits per heavy atom. The van der Waals surface area contributed by atoms with Crippen molar-refractivity contribution in [2.45, 2.75) is 58.0 Å². The molecule has 0 aromatic rings. The Hall–Kier alpha value is -0.610. The van der Waals surface area contributed by atoms with Crippen LogP contribution < -0.4 is 11.1 Å². The van der Waals surface area contributed by atoms with Gasteiger partial charge in [-0.1, -0.05) is 13.8 Å². The van der Waals surface area contributed by atoms with E-state index < -0.39 is 0 Å². The third-order valence-electron chi connectivity index (χ3n) is 4.84. The second kappa shape index (κ2) is 5.57. The van der Waals surface area contributed by atoms with E-state index in [1.807, 2.05) is 0 Å². The molecule has 1 heterocycles. The summed E-state index contributed by atoms with van der Waals surface area (Å²) in [5, 5.41) is 3.22. The second-order valence-electron chi connectivity index (χ2n) is 5.88. The van der Waals surface area contributed by atoms with Crippen molar-refractivity contribution < 1.29 is 4.79 Å². The van der Waals surface area contributed by atoms with Crippen LogP contribution in [0.5, 0.6) is 0 Å². The molecule has 0 bridgehead atoms. The molecule has 0 aromatic heterocycles. The maximum Gasteiger partial charge on any atom is 0.227 e. The molecule has 1 aliphatic carbocycles. The lowest BCUT2D eigenvalue weighted by Crippen LogP contribution is -2.49. The number of amides is 1. The summed E-state index contributed by atoms with van der Waals surface area (Å²) in [4.78, 5) is 14.9. The SMILES string of the molecule is CCC(CC)(CN)C(=O)NC1CCN(C2CC2)C1. The summed E-state index contributed by atoms with van der Waals surface area (Å²) in [6, 6.07) is 1.14. The fourth-order valence-electron chi connectivity index (χ4n) is 2.97. The number of nitrogens with one attached hydrogen (secondary N) is 1. The van der Waals surface area contributed by atoms with Crippen molar-refractivity contribution in [2.24, 2.45) is 11.1 Å². The predicted octanol–water partition coefficient (Wildman–Crippen LogP) is 1.10. The van der Waals surface area contributed by atoms with Crippen LogP contribution in [-0.4, -0.2) is 42.5 Å². The monoisotopic (exact) mass is 253 g/mol. The van der Waals surface area contributed by atoms with Crippen LogP contribution in [0.25, 0.3) is 0 Å². The maximum absolute atomic E-state index is 12.4. The van der Waals surface area contributed by atoms with Crippen molar-refractivity contribution in [3.63, 3.8) is 0 Å². The van der Waals surface area contributed by atoms with Gasteiger partial charge in [0, 0.05) is 31.7 Å². The van der Waals surface area contributed by atoms with E-state index in [4.69, 9.17) is 5.73 Å². The standard InChI is InChI=1S/C14H27N3O/c1-3-14(4-2,10-15)13(18)16-11-7-8-17(9-11)12-5-6-12/h11-12H,3-10,15H2,1-2H3,(H,16,18). The van der Waals surface area contributed by atoms with Crippen molar-refractivity contribution in [1.82, 2.24) is 10.2 Å². The van der Waals surface area contributed by atoms with E-state index in [0.29, 0.717) is 12.6 Å². The third kappa shape index (κ3) is 2.69. The predicted molar refractivity (Wildman–Crippen MR) is 73.2 cm³/mol. The van der Waals surface area contributed by atoms with Crippen molar-refractivity contribution in [3.8, 4) is 0 Å². The molecule has 2 fully saturated rings. The summed E-state index contributed by atoms with van der Waals surface area (Å²) in [6.07, 6.45) is 5.43. The van der Waals surface area contributed by atoms with Gasteiger partial charge in [-0.2, -0.15) is 0 Å². The lowest BCUT2D eigenvalue weighted by Gasteiger charge is -2.30. The lowest BCUT2D eigenvalue weighted by atomic mass is 9.81. The van der Waals surface area contributed by atoms with E-state index in [9.17, 15) is 4.79 Å². The molecule has 3 N–H and O–H groups in total. The molecule has 1 amide bonds. The minimum absolute atomic E-state index is 0.164. The first kappa shape index (κ1) is 13.8. The normalized spacial score (nSPS) is 25.4. The third-order valence-corrected chi connectivity index (χ3v) is 4.84. The van der Waals surface area contributed by atoms with Gasteiger partial charge in [-0.25, -0.2) is 0 Å². The van der Waals surface area contributed by atoms with Crippen molar-refractivity contribution >= 4 is 5.91 Å². The average Bonchev–Trinajstić information content (AvgIpc) is 3.13. The highest BCUT2D eigenvalue weighted by atomic mass is 16.2. The van der Waals surface area contributed by atoms with Crippen LogP contribution >= 0.6 is 0 Å². The van der Waals surface area contributed by atoms with Crippen LogP contribution in [0.4, 0.5) is 0 Å². The number of hydrogen-bond donors (Lipinski definition) is 2. The van der Waals surface area contributed by atoms with Crippen LogP contribution in [-0.2, 0) is 4.79 Å². The number of carbonyl (C=O) groups excluding carboxylic acids is 1. The topological polar surface area (TPSA) is 58.4 Å². The number of nitrogens with zero attached hydrogens (tertiary/aromatic N) is 1. The minimum atomic E-state index is -0.354. The zero-order chi connectivity index (χ0) is 13.2. The first-order valence-electron chi connectivity index (χ1n) is 7.40. The minimum Gasteiger partial charge on any atom is -0.352 e. The lowest BCUT2D eigenvalue weighted by molar-refractivity contribution is -0.131. The smallest absolute Gasteiger partial charge is 0.227 e. The van der Waals surface area contributed by atoms with Gasteiger partial charge in [-0.3, -0.25) is 9.69 Å².